The van der Waals surface area contributed by atoms with Gasteiger partial charge in [0.1, 0.15) is 25.2 Å². The summed E-state index contributed by atoms with van der Waals surface area (Å²) < 4.78 is 21.6. The van der Waals surface area contributed by atoms with Crippen molar-refractivity contribution in [3.8, 4) is 5.75 Å². The zero-order valence-electron chi connectivity index (χ0n) is 20.2. The minimum Gasteiger partial charge on any atom is -0.489 e. The highest BCUT2D eigenvalue weighted by Crippen LogP contribution is 2.26. The number of rotatable bonds is 10. The van der Waals surface area contributed by atoms with Crippen molar-refractivity contribution in [1.29, 1.82) is 0 Å². The molecule has 2 aromatic carbocycles. The minimum atomic E-state index is -1.29. The number of hydrazine groups is 1. The number of hydrogen-bond acceptors (Lipinski definition) is 8. The van der Waals surface area contributed by atoms with Crippen LogP contribution < -0.4 is 15.5 Å². The number of benzene rings is 2. The van der Waals surface area contributed by atoms with Crippen LogP contribution in [0.2, 0.25) is 10.0 Å². The second-order valence-corrected chi connectivity index (χ2v) is 9.42. The third-order valence-electron chi connectivity index (χ3n) is 5.99. The Balaban J connectivity index is 1.32. The van der Waals surface area contributed by atoms with E-state index >= 15 is 0 Å². The van der Waals surface area contributed by atoms with Crippen molar-refractivity contribution >= 4 is 41.0 Å². The van der Waals surface area contributed by atoms with Crippen LogP contribution in [0.3, 0.4) is 0 Å². The maximum absolute atomic E-state index is 12.9. The van der Waals surface area contributed by atoms with Gasteiger partial charge in [0, 0.05) is 35.1 Å². The van der Waals surface area contributed by atoms with Crippen molar-refractivity contribution in [3.05, 3.63) is 63.6 Å². The molecule has 38 heavy (non-hydrogen) atoms. The van der Waals surface area contributed by atoms with Crippen molar-refractivity contribution < 1.29 is 38.4 Å². The summed E-state index contributed by atoms with van der Waals surface area (Å²) in [5, 5.41) is 14.8. The molecule has 0 unspecified atom stereocenters. The minimum absolute atomic E-state index is 0.00405. The number of ether oxygens (including phenoxy) is 4. The fraction of sp³-hybridized carbons (Fsp3) is 0.400. The molecule has 3 N–H and O–H groups in total. The lowest BCUT2D eigenvalue weighted by molar-refractivity contribution is -0.145. The molecule has 0 bridgehead atoms. The van der Waals surface area contributed by atoms with Gasteiger partial charge in [0.15, 0.2) is 12.2 Å². The molecule has 0 spiro atoms. The molecule has 2 aromatic rings. The molecule has 3 atom stereocenters. The summed E-state index contributed by atoms with van der Waals surface area (Å²) >= 11 is 12.3. The number of carbonyl (C=O) groups excluding carboxylic acids is 2. The van der Waals surface area contributed by atoms with Crippen molar-refractivity contribution in [2.24, 2.45) is 0 Å². The first-order valence-electron chi connectivity index (χ1n) is 11.9. The molecule has 2 amide bonds. The summed E-state index contributed by atoms with van der Waals surface area (Å²) in [5.74, 6) is -2.01. The first-order chi connectivity index (χ1) is 18.3. The van der Waals surface area contributed by atoms with Crippen LogP contribution in [0.1, 0.15) is 11.1 Å². The molecule has 13 heteroatoms. The number of carbonyl (C=O) groups is 3. The van der Waals surface area contributed by atoms with Gasteiger partial charge < -0.3 is 29.4 Å². The van der Waals surface area contributed by atoms with E-state index in [2.05, 4.69) is 10.7 Å². The summed E-state index contributed by atoms with van der Waals surface area (Å²) in [7, 11) is 0. The van der Waals surface area contributed by atoms with Crippen LogP contribution in [-0.4, -0.2) is 79.2 Å². The quantitative estimate of drug-likeness (QED) is 0.392. The smallest absolute Gasteiger partial charge is 0.326 e. The molecule has 2 aliphatic heterocycles. The Kier molecular flexibility index (Phi) is 9.78. The van der Waals surface area contributed by atoms with Crippen LogP contribution >= 0.6 is 23.2 Å². The fourth-order valence-corrected chi connectivity index (χ4v) is 4.43. The molecular formula is C25H27Cl2N3O8. The van der Waals surface area contributed by atoms with Crippen molar-refractivity contribution in [2.75, 3.05) is 33.1 Å². The topological polar surface area (TPSA) is 136 Å². The van der Waals surface area contributed by atoms with E-state index in [-0.39, 0.29) is 19.8 Å². The van der Waals surface area contributed by atoms with Gasteiger partial charge in [-0.05, 0) is 29.8 Å². The molecule has 0 radical (unpaired) electrons. The van der Waals surface area contributed by atoms with Crippen LogP contribution in [0.25, 0.3) is 0 Å². The molecule has 0 saturated carbocycles. The van der Waals surface area contributed by atoms with Crippen LogP contribution in [-0.2, 0) is 41.6 Å². The maximum atomic E-state index is 12.9. The molecule has 2 heterocycles. The normalized spacial score (nSPS) is 20.5. The summed E-state index contributed by atoms with van der Waals surface area (Å²) in [6.45, 7) is 1.82. The highest BCUT2D eigenvalue weighted by Gasteiger charge is 2.42. The highest BCUT2D eigenvalue weighted by atomic mass is 35.5. The first kappa shape index (κ1) is 28.1. The number of carboxylic acids is 1. The predicted molar refractivity (Wildman–Crippen MR) is 136 cm³/mol. The van der Waals surface area contributed by atoms with Crippen LogP contribution in [0.15, 0.2) is 42.5 Å². The molecule has 0 aromatic heterocycles. The lowest BCUT2D eigenvalue weighted by Crippen LogP contribution is -2.56. The lowest BCUT2D eigenvalue weighted by Gasteiger charge is -2.28. The number of nitrogens with zero attached hydrogens (tertiary/aromatic N) is 1. The first-order valence-corrected chi connectivity index (χ1v) is 12.6. The van der Waals surface area contributed by atoms with Crippen LogP contribution in [0.4, 0.5) is 0 Å². The molecule has 2 aliphatic rings. The van der Waals surface area contributed by atoms with Gasteiger partial charge in [-0.2, -0.15) is 0 Å². The van der Waals surface area contributed by atoms with Gasteiger partial charge in [-0.15, -0.1) is 0 Å². The van der Waals surface area contributed by atoms with E-state index in [4.69, 9.17) is 42.1 Å². The van der Waals surface area contributed by atoms with E-state index in [1.165, 1.54) is 0 Å². The summed E-state index contributed by atoms with van der Waals surface area (Å²) in [6, 6.07) is 10.7. The Labute approximate surface area is 228 Å². The van der Waals surface area contributed by atoms with Gasteiger partial charge in [0.25, 0.3) is 11.8 Å². The predicted octanol–water partition coefficient (Wildman–Crippen LogP) is 1.79. The number of morpholine rings is 1. The molecule has 2 saturated heterocycles. The van der Waals surface area contributed by atoms with Gasteiger partial charge in [0.2, 0.25) is 0 Å². The van der Waals surface area contributed by atoms with E-state index in [0.717, 1.165) is 0 Å². The maximum Gasteiger partial charge on any atom is 0.326 e. The number of carboxylic acid groups (broad SMARTS) is 1. The number of nitrogens with one attached hydrogen (secondary N) is 2. The number of hydrogen-bond donors (Lipinski definition) is 3. The molecule has 0 aliphatic carbocycles. The Morgan fingerprint density at radius 1 is 1.00 bits per heavy atom. The fourth-order valence-electron chi connectivity index (χ4n) is 3.92. The number of aliphatic carboxylic acids is 1. The number of amides is 2. The largest absolute Gasteiger partial charge is 0.489 e. The Morgan fingerprint density at radius 3 is 2.26 bits per heavy atom. The Hall–Kier alpha value is -2.93. The van der Waals surface area contributed by atoms with E-state index < -0.39 is 36.0 Å². The van der Waals surface area contributed by atoms with Crippen molar-refractivity contribution in [2.45, 2.75) is 31.3 Å². The molecule has 11 nitrogen and oxygen atoms in total. The van der Waals surface area contributed by atoms with Gasteiger partial charge in [0.05, 0.1) is 13.2 Å². The van der Waals surface area contributed by atoms with E-state index in [0.29, 0.717) is 53.2 Å². The second kappa shape index (κ2) is 13.2. The molecular weight excluding hydrogens is 541 g/mol. The van der Waals surface area contributed by atoms with Crippen molar-refractivity contribution in [3.63, 3.8) is 0 Å². The standard InChI is InChI=1S/C25H27Cl2N3O8/c26-18-2-1-3-19(27)17(18)13-36-16-6-4-15(5-7-16)12-20(25(33)34)28-23(31)21-22(38-14-37-21)24(32)29-30-8-10-35-11-9-30/h1-7,20-22H,8-14H2,(H,28,31)(H,29,32)(H,33,34)/t20-,21+,22+/m0/s1. The molecule has 204 valence electrons. The third-order valence-corrected chi connectivity index (χ3v) is 6.70. The third kappa shape index (κ3) is 7.34. The average Bonchev–Trinajstić information content (AvgIpc) is 3.40. The number of halogens is 2. The van der Waals surface area contributed by atoms with Gasteiger partial charge in [-0.3, -0.25) is 15.0 Å². The summed E-state index contributed by atoms with van der Waals surface area (Å²) in [6.07, 6.45) is -2.50. The molecule has 2 fully saturated rings. The Bertz CT molecular complexity index is 1120. The highest BCUT2D eigenvalue weighted by molar-refractivity contribution is 6.35. The van der Waals surface area contributed by atoms with E-state index in [1.807, 2.05) is 0 Å². The SMILES string of the molecule is O=C(O)[C@H](Cc1ccc(OCc2c(Cl)cccc2Cl)cc1)NC(=O)[C@@H]1OCO[C@H]1C(=O)NN1CCOCC1. The molecule has 4 rings (SSSR count). The van der Waals surface area contributed by atoms with Crippen LogP contribution in [0, 0.1) is 0 Å². The summed E-state index contributed by atoms with van der Waals surface area (Å²) in [4.78, 5) is 37.4. The van der Waals surface area contributed by atoms with Gasteiger partial charge >= 0.3 is 5.97 Å². The van der Waals surface area contributed by atoms with E-state index in [9.17, 15) is 19.5 Å². The lowest BCUT2D eigenvalue weighted by atomic mass is 10.0. The Morgan fingerprint density at radius 2 is 1.63 bits per heavy atom. The van der Waals surface area contributed by atoms with Crippen molar-refractivity contribution in [1.82, 2.24) is 15.8 Å². The monoisotopic (exact) mass is 567 g/mol. The van der Waals surface area contributed by atoms with Crippen LogP contribution in [0.5, 0.6) is 5.75 Å². The van der Waals surface area contributed by atoms with Gasteiger partial charge in [-0.1, -0.05) is 41.4 Å². The van der Waals surface area contributed by atoms with E-state index in [1.54, 1.807) is 47.5 Å². The van der Waals surface area contributed by atoms with Gasteiger partial charge in [-0.25, -0.2) is 9.80 Å². The zero-order chi connectivity index (χ0) is 27.1. The average molecular weight is 568 g/mol. The zero-order valence-corrected chi connectivity index (χ0v) is 21.7. The summed E-state index contributed by atoms with van der Waals surface area (Å²) in [5.41, 5.74) is 3.98. The second-order valence-electron chi connectivity index (χ2n) is 8.60.